The van der Waals surface area contributed by atoms with Crippen LogP contribution < -0.4 is 9.64 Å². The molecule has 4 aromatic heterocycles. The van der Waals surface area contributed by atoms with E-state index in [2.05, 4.69) is 15.0 Å². The average molecular weight is 635 g/mol. The number of carbonyl (C=O) groups is 2. The molecular weight excluding hydrogens is 592 g/mol. The Bertz CT molecular complexity index is 1750. The molecule has 0 N–H and O–H groups in total. The van der Waals surface area contributed by atoms with Gasteiger partial charge >= 0.3 is 12.2 Å². The first-order chi connectivity index (χ1) is 21.5. The van der Waals surface area contributed by atoms with Crippen molar-refractivity contribution >= 4 is 34.7 Å². The van der Waals surface area contributed by atoms with Gasteiger partial charge in [-0.05, 0) is 80.9 Å². The fourth-order valence-electron chi connectivity index (χ4n) is 6.14. The van der Waals surface area contributed by atoms with E-state index in [1.807, 2.05) is 60.5 Å². The van der Waals surface area contributed by atoms with Crippen LogP contribution in [0.5, 0.6) is 5.75 Å². The molecular formula is C33H42N6O7. The van der Waals surface area contributed by atoms with Gasteiger partial charge in [-0.25, -0.2) is 24.5 Å². The molecule has 1 aliphatic heterocycles. The van der Waals surface area contributed by atoms with Crippen LogP contribution in [0.3, 0.4) is 0 Å². The summed E-state index contributed by atoms with van der Waals surface area (Å²) in [5.74, 6) is 0.0132. The first kappa shape index (κ1) is 31.7. The molecule has 2 amide bonds. The highest BCUT2D eigenvalue weighted by atomic mass is 16.8. The number of hydrogen-bond acceptors (Lipinski definition) is 10. The molecule has 0 aromatic carbocycles. The second-order valence-electron chi connectivity index (χ2n) is 14.4. The maximum atomic E-state index is 13.4. The molecule has 0 spiro atoms. The van der Waals surface area contributed by atoms with E-state index in [0.717, 1.165) is 22.0 Å². The van der Waals surface area contributed by atoms with E-state index in [4.69, 9.17) is 23.7 Å². The molecule has 2 fully saturated rings. The quantitative estimate of drug-likeness (QED) is 0.249. The van der Waals surface area contributed by atoms with Gasteiger partial charge in [-0.3, -0.25) is 0 Å². The molecule has 1 saturated carbocycles. The molecule has 1 aliphatic carbocycles. The highest BCUT2D eigenvalue weighted by Crippen LogP contribution is 2.48. The van der Waals surface area contributed by atoms with E-state index in [1.54, 1.807) is 47.6 Å². The van der Waals surface area contributed by atoms with Gasteiger partial charge in [-0.15, -0.1) is 0 Å². The van der Waals surface area contributed by atoms with Crippen molar-refractivity contribution in [3.8, 4) is 5.75 Å². The van der Waals surface area contributed by atoms with E-state index in [-0.39, 0.29) is 30.0 Å². The van der Waals surface area contributed by atoms with E-state index < -0.39 is 29.2 Å². The van der Waals surface area contributed by atoms with Crippen LogP contribution in [-0.4, -0.2) is 71.9 Å². The number of imidazole rings is 1. The molecule has 13 nitrogen and oxygen atoms in total. The molecule has 2 aliphatic rings. The van der Waals surface area contributed by atoms with Crippen LogP contribution in [0.4, 0.5) is 15.4 Å². The number of rotatable bonds is 5. The largest absolute Gasteiger partial charge is 0.493 e. The number of aryl methyl sites for hydroxylation is 1. The van der Waals surface area contributed by atoms with E-state index in [0.29, 0.717) is 24.1 Å². The molecule has 46 heavy (non-hydrogen) atoms. The summed E-state index contributed by atoms with van der Waals surface area (Å²) < 4.78 is 34.3. The highest BCUT2D eigenvalue weighted by molar-refractivity contribution is 6.13. The summed E-state index contributed by atoms with van der Waals surface area (Å²) in [7, 11) is 0. The first-order valence-corrected chi connectivity index (χ1v) is 15.5. The molecule has 0 unspecified atom stereocenters. The van der Waals surface area contributed by atoms with Crippen molar-refractivity contribution in [2.45, 2.75) is 104 Å². The zero-order valence-corrected chi connectivity index (χ0v) is 27.8. The van der Waals surface area contributed by atoms with Gasteiger partial charge in [-0.1, -0.05) is 0 Å². The molecule has 0 bridgehead atoms. The summed E-state index contributed by atoms with van der Waals surface area (Å²) in [4.78, 5) is 41.0. The lowest BCUT2D eigenvalue weighted by atomic mass is 10.1. The Hall–Kier alpha value is -4.23. The Morgan fingerprint density at radius 3 is 2.33 bits per heavy atom. The van der Waals surface area contributed by atoms with Crippen LogP contribution in [0.15, 0.2) is 43.1 Å². The summed E-state index contributed by atoms with van der Waals surface area (Å²) in [5.41, 5.74) is 0.677. The topological polar surface area (TPSA) is 132 Å². The number of hydrogen-bond donors (Lipinski definition) is 0. The number of imide groups is 1. The summed E-state index contributed by atoms with van der Waals surface area (Å²) >= 11 is 0. The smallest absolute Gasteiger partial charge is 0.425 e. The number of carbonyl (C=O) groups excluding carboxylic acids is 2. The number of fused-ring (bicyclic) bond motifs is 3. The van der Waals surface area contributed by atoms with Crippen LogP contribution in [-0.2, 0) is 18.9 Å². The molecule has 6 rings (SSSR count). The zero-order chi connectivity index (χ0) is 33.2. The van der Waals surface area contributed by atoms with E-state index >= 15 is 0 Å². The fourth-order valence-corrected chi connectivity index (χ4v) is 6.14. The summed E-state index contributed by atoms with van der Waals surface area (Å²) in [6, 6.07) is 5.47. The second kappa shape index (κ2) is 11.2. The normalized spacial score (nSPS) is 22.6. The van der Waals surface area contributed by atoms with Crippen LogP contribution in [0.25, 0.3) is 16.7 Å². The Labute approximate surface area is 267 Å². The van der Waals surface area contributed by atoms with Crippen LogP contribution in [0.2, 0.25) is 0 Å². The Morgan fingerprint density at radius 2 is 1.65 bits per heavy atom. The van der Waals surface area contributed by atoms with Gasteiger partial charge in [0, 0.05) is 36.3 Å². The predicted molar refractivity (Wildman–Crippen MR) is 169 cm³/mol. The van der Waals surface area contributed by atoms with Crippen LogP contribution in [0.1, 0.15) is 73.5 Å². The minimum Gasteiger partial charge on any atom is -0.493 e. The highest BCUT2D eigenvalue weighted by Gasteiger charge is 2.55. The Balaban J connectivity index is 1.31. The number of nitrogens with zero attached hydrogens (tertiary/aromatic N) is 6. The Kier molecular flexibility index (Phi) is 7.75. The lowest BCUT2D eigenvalue weighted by molar-refractivity contribution is -0.161. The maximum absolute atomic E-state index is 13.4. The van der Waals surface area contributed by atoms with E-state index in [1.165, 1.54) is 6.33 Å². The molecule has 0 radical (unpaired) electrons. The van der Waals surface area contributed by atoms with Crippen molar-refractivity contribution < 1.29 is 33.3 Å². The van der Waals surface area contributed by atoms with Gasteiger partial charge in [0.2, 0.25) is 0 Å². The van der Waals surface area contributed by atoms with Crippen LogP contribution in [0, 0.1) is 12.8 Å². The minimum atomic E-state index is -0.898. The van der Waals surface area contributed by atoms with Crippen molar-refractivity contribution in [3.63, 3.8) is 0 Å². The lowest BCUT2D eigenvalue weighted by Gasteiger charge is -2.28. The lowest BCUT2D eigenvalue weighted by Crippen LogP contribution is -2.44. The monoisotopic (exact) mass is 634 g/mol. The molecule has 1 saturated heterocycles. The number of aromatic nitrogens is 5. The van der Waals surface area contributed by atoms with Crippen molar-refractivity contribution in [2.75, 3.05) is 11.5 Å². The van der Waals surface area contributed by atoms with E-state index in [9.17, 15) is 9.59 Å². The molecule has 4 aromatic rings. The van der Waals surface area contributed by atoms with Gasteiger partial charge in [0.25, 0.3) is 0 Å². The van der Waals surface area contributed by atoms with Crippen molar-refractivity contribution in [1.29, 1.82) is 0 Å². The van der Waals surface area contributed by atoms with Crippen LogP contribution >= 0.6 is 0 Å². The van der Waals surface area contributed by atoms with Gasteiger partial charge in [0.05, 0.1) is 24.1 Å². The summed E-state index contributed by atoms with van der Waals surface area (Å²) in [6.07, 6.45) is 5.35. The summed E-state index contributed by atoms with van der Waals surface area (Å²) in [6.45, 7) is 16.6. The van der Waals surface area contributed by atoms with Gasteiger partial charge in [0.1, 0.15) is 40.7 Å². The van der Waals surface area contributed by atoms with Gasteiger partial charge < -0.3 is 32.7 Å². The zero-order valence-electron chi connectivity index (χ0n) is 27.8. The number of pyridine rings is 1. The van der Waals surface area contributed by atoms with Gasteiger partial charge in [0.15, 0.2) is 11.6 Å². The fraction of sp³-hybridized carbons (Fsp3) is 0.545. The number of amides is 2. The third-order valence-electron chi connectivity index (χ3n) is 7.89. The average Bonchev–Trinajstić information content (AvgIpc) is 3.67. The number of ether oxygens (including phenoxy) is 5. The van der Waals surface area contributed by atoms with Crippen molar-refractivity contribution in [3.05, 3.63) is 48.8 Å². The van der Waals surface area contributed by atoms with Crippen molar-refractivity contribution in [1.82, 2.24) is 23.9 Å². The third-order valence-corrected chi connectivity index (χ3v) is 7.89. The van der Waals surface area contributed by atoms with Crippen molar-refractivity contribution in [2.24, 2.45) is 5.92 Å². The SMILES string of the molecule is Cc1cnc2cc(OC[C@H]3C[C@@H](n4ccc5c(N(C(=O)OC(C)(C)C)C(=O)OC(C)(C)C)ncnc54)[C@@H]4OC(C)(C)O[C@H]34)ccn12. The first-order valence-electron chi connectivity index (χ1n) is 15.5. The molecule has 4 atom stereocenters. The maximum Gasteiger partial charge on any atom is 0.425 e. The third kappa shape index (κ3) is 6.25. The molecule has 13 heteroatoms. The minimum absolute atomic E-state index is 0.00765. The number of anilines is 1. The molecule has 5 heterocycles. The standard InChI is InChI=1S/C33H42N6O7/c1-19-16-34-24-15-21(10-12-37(19)24)42-17-20-14-23(26-25(20)43-33(8,9)44-26)38-13-11-22-27(38)35-18-36-28(22)39(29(40)45-31(2,3)4)30(41)46-32(5,6)7/h10-13,15-16,18,20,23,25-26H,14,17H2,1-9H3/t20-,23-,25-,26+/m1/s1. The van der Waals surface area contributed by atoms with Gasteiger partial charge in [-0.2, -0.15) is 4.90 Å². The predicted octanol–water partition coefficient (Wildman–Crippen LogP) is 6.22. The molecule has 246 valence electrons. The summed E-state index contributed by atoms with van der Waals surface area (Å²) in [5, 5.41) is 0.483. The second-order valence-corrected chi connectivity index (χ2v) is 14.4. The Morgan fingerprint density at radius 1 is 0.978 bits per heavy atom.